The maximum Gasteiger partial charge on any atom is 0.231 e. The lowest BCUT2D eigenvalue weighted by atomic mass is 10.1. The average molecular weight is 341 g/mol. The Labute approximate surface area is 146 Å². The van der Waals surface area contributed by atoms with Crippen molar-refractivity contribution in [1.29, 1.82) is 0 Å². The Morgan fingerprint density at radius 2 is 2.04 bits per heavy atom. The third-order valence-corrected chi connectivity index (χ3v) is 4.05. The van der Waals surface area contributed by atoms with Crippen molar-refractivity contribution in [2.75, 3.05) is 6.61 Å². The van der Waals surface area contributed by atoms with Gasteiger partial charge in [0.15, 0.2) is 5.76 Å². The molecule has 0 atom stereocenters. The van der Waals surface area contributed by atoms with Crippen LogP contribution in [0.3, 0.4) is 0 Å². The highest BCUT2D eigenvalue weighted by Crippen LogP contribution is 2.39. The topological polar surface area (TPSA) is 35.5 Å². The number of benzene rings is 2. The van der Waals surface area contributed by atoms with Crippen LogP contribution in [0.5, 0.6) is 11.5 Å². The first kappa shape index (κ1) is 16.3. The van der Waals surface area contributed by atoms with Crippen LogP contribution in [0.2, 0.25) is 5.02 Å². The molecule has 3 rings (SSSR count). The molecule has 1 aliphatic heterocycles. The van der Waals surface area contributed by atoms with Gasteiger partial charge in [-0.15, -0.1) is 0 Å². The summed E-state index contributed by atoms with van der Waals surface area (Å²) in [6.07, 6.45) is 1.67. The average Bonchev–Trinajstić information content (AvgIpc) is 2.86. The molecule has 0 aliphatic carbocycles. The van der Waals surface area contributed by atoms with Crippen LogP contribution < -0.4 is 9.47 Å². The molecular weight excluding hydrogens is 324 g/mol. The third-order valence-electron chi connectivity index (χ3n) is 3.70. The second-order valence-electron chi connectivity index (χ2n) is 5.77. The van der Waals surface area contributed by atoms with E-state index in [4.69, 9.17) is 21.1 Å². The van der Waals surface area contributed by atoms with Crippen molar-refractivity contribution in [1.82, 2.24) is 0 Å². The Bertz CT molecular complexity index is 865. The molecule has 0 saturated heterocycles. The molecule has 1 heterocycles. The molecule has 0 spiro atoms. The zero-order chi connectivity index (χ0) is 17.3. The van der Waals surface area contributed by atoms with E-state index < -0.39 is 0 Å². The lowest BCUT2D eigenvalue weighted by Gasteiger charge is -2.11. The molecule has 0 radical (unpaired) electrons. The fourth-order valence-corrected chi connectivity index (χ4v) is 2.65. The van der Waals surface area contributed by atoms with E-state index in [0.717, 1.165) is 16.7 Å². The number of ether oxygens (including phenoxy) is 2. The molecule has 3 nitrogen and oxygen atoms in total. The van der Waals surface area contributed by atoms with Crippen molar-refractivity contribution in [3.05, 3.63) is 76.0 Å². The maximum atomic E-state index is 12.6. The summed E-state index contributed by atoms with van der Waals surface area (Å²) in [4.78, 5) is 12.6. The van der Waals surface area contributed by atoms with Crippen molar-refractivity contribution in [3.63, 3.8) is 0 Å². The van der Waals surface area contributed by atoms with Crippen LogP contribution in [-0.4, -0.2) is 12.4 Å². The molecule has 1 aliphatic rings. The number of carbonyl (C=O) groups is 1. The van der Waals surface area contributed by atoms with Crippen LogP contribution in [-0.2, 0) is 0 Å². The number of halogens is 1. The second-order valence-corrected chi connectivity index (χ2v) is 6.18. The van der Waals surface area contributed by atoms with E-state index in [-0.39, 0.29) is 11.5 Å². The standard InChI is InChI=1S/C20H17ClO3/c1-12(2)11-23-17-9-8-15-19(22)18(24-20(15)13(17)3)10-14-6-4-5-7-16(14)21/h4-10H,1,11H2,2-3H3/b18-10-. The molecule has 0 aromatic heterocycles. The minimum Gasteiger partial charge on any atom is -0.489 e. The molecule has 0 unspecified atom stereocenters. The fourth-order valence-electron chi connectivity index (χ4n) is 2.46. The van der Waals surface area contributed by atoms with Gasteiger partial charge in [0, 0.05) is 10.6 Å². The van der Waals surface area contributed by atoms with Crippen molar-refractivity contribution in [2.45, 2.75) is 13.8 Å². The first-order chi connectivity index (χ1) is 11.5. The van der Waals surface area contributed by atoms with E-state index in [0.29, 0.717) is 28.7 Å². The van der Waals surface area contributed by atoms with Gasteiger partial charge >= 0.3 is 0 Å². The zero-order valence-electron chi connectivity index (χ0n) is 13.6. The highest BCUT2D eigenvalue weighted by atomic mass is 35.5. The Kier molecular flexibility index (Phi) is 4.45. The van der Waals surface area contributed by atoms with Crippen LogP contribution >= 0.6 is 11.6 Å². The molecule has 0 fully saturated rings. The summed E-state index contributed by atoms with van der Waals surface area (Å²) < 4.78 is 11.5. The fraction of sp³-hybridized carbons (Fsp3) is 0.150. The SMILES string of the molecule is C=C(C)COc1ccc2c(c1C)O/C(=C\c1ccccc1Cl)C2=O. The highest BCUT2D eigenvalue weighted by molar-refractivity contribution is 6.32. The van der Waals surface area contributed by atoms with E-state index in [2.05, 4.69) is 6.58 Å². The lowest BCUT2D eigenvalue weighted by molar-refractivity contribution is 0.101. The largest absolute Gasteiger partial charge is 0.489 e. The van der Waals surface area contributed by atoms with Crippen molar-refractivity contribution < 1.29 is 14.3 Å². The number of ketones is 1. The molecule has 4 heteroatoms. The third kappa shape index (κ3) is 3.08. The Balaban J connectivity index is 1.94. The molecule has 2 aromatic rings. The van der Waals surface area contributed by atoms with Crippen molar-refractivity contribution >= 4 is 23.5 Å². The Morgan fingerprint density at radius 1 is 1.29 bits per heavy atom. The van der Waals surface area contributed by atoms with Gasteiger partial charge in [0.2, 0.25) is 5.78 Å². The van der Waals surface area contributed by atoms with Crippen LogP contribution in [0.25, 0.3) is 6.08 Å². The Morgan fingerprint density at radius 3 is 2.75 bits per heavy atom. The summed E-state index contributed by atoms with van der Waals surface area (Å²) in [5, 5.41) is 0.569. The quantitative estimate of drug-likeness (QED) is 0.565. The molecular formula is C20H17ClO3. The lowest BCUT2D eigenvalue weighted by Crippen LogP contribution is -2.00. The number of allylic oxidation sites excluding steroid dienone is 1. The van der Waals surface area contributed by atoms with Crippen LogP contribution in [0.15, 0.2) is 54.3 Å². The summed E-state index contributed by atoms with van der Waals surface area (Å²) in [5.74, 6) is 1.33. The molecule has 24 heavy (non-hydrogen) atoms. The van der Waals surface area contributed by atoms with Gasteiger partial charge in [-0.3, -0.25) is 4.79 Å². The van der Waals surface area contributed by atoms with Gasteiger partial charge in [0.1, 0.15) is 18.1 Å². The van der Waals surface area contributed by atoms with Gasteiger partial charge in [-0.1, -0.05) is 36.4 Å². The molecule has 122 valence electrons. The second kappa shape index (κ2) is 6.54. The number of rotatable bonds is 4. The number of Topliss-reactive ketones (excluding diaryl/α,β-unsaturated/α-hetero) is 1. The van der Waals surface area contributed by atoms with Crippen LogP contribution in [0, 0.1) is 6.92 Å². The minimum atomic E-state index is -0.153. The Hall–Kier alpha value is -2.52. The van der Waals surface area contributed by atoms with Crippen LogP contribution in [0.1, 0.15) is 28.4 Å². The number of hydrogen-bond donors (Lipinski definition) is 0. The monoisotopic (exact) mass is 340 g/mol. The van der Waals surface area contributed by atoms with Gasteiger partial charge < -0.3 is 9.47 Å². The summed E-state index contributed by atoms with van der Waals surface area (Å²) in [6, 6.07) is 10.8. The zero-order valence-corrected chi connectivity index (χ0v) is 14.3. The van der Waals surface area contributed by atoms with Gasteiger partial charge in [-0.25, -0.2) is 0 Å². The smallest absolute Gasteiger partial charge is 0.231 e. The summed E-state index contributed by atoms with van der Waals surface area (Å²) >= 11 is 6.15. The molecule has 0 amide bonds. The number of carbonyl (C=O) groups excluding carboxylic acids is 1. The van der Waals surface area contributed by atoms with Gasteiger partial charge in [0.25, 0.3) is 0 Å². The molecule has 2 aromatic carbocycles. The molecule has 0 bridgehead atoms. The van der Waals surface area contributed by atoms with Gasteiger partial charge in [-0.05, 0) is 49.3 Å². The molecule has 0 N–H and O–H groups in total. The maximum absolute atomic E-state index is 12.6. The van der Waals surface area contributed by atoms with E-state index in [1.165, 1.54) is 0 Å². The normalized spacial score (nSPS) is 14.5. The number of fused-ring (bicyclic) bond motifs is 1. The summed E-state index contributed by atoms with van der Waals surface area (Å²) in [7, 11) is 0. The molecule has 0 saturated carbocycles. The van der Waals surface area contributed by atoms with Gasteiger partial charge in [-0.2, -0.15) is 0 Å². The van der Waals surface area contributed by atoms with E-state index in [1.807, 2.05) is 32.0 Å². The number of hydrogen-bond acceptors (Lipinski definition) is 3. The predicted octanol–water partition coefficient (Wildman–Crippen LogP) is 5.22. The van der Waals surface area contributed by atoms with Gasteiger partial charge in [0.05, 0.1) is 5.56 Å². The first-order valence-corrected chi connectivity index (χ1v) is 7.94. The van der Waals surface area contributed by atoms with Crippen molar-refractivity contribution in [2.24, 2.45) is 0 Å². The predicted molar refractivity (Wildman–Crippen MR) is 95.9 cm³/mol. The van der Waals surface area contributed by atoms with E-state index in [1.54, 1.807) is 24.3 Å². The first-order valence-electron chi connectivity index (χ1n) is 7.57. The minimum absolute atomic E-state index is 0.153. The van der Waals surface area contributed by atoms with Crippen LogP contribution in [0.4, 0.5) is 0 Å². The van der Waals surface area contributed by atoms with E-state index >= 15 is 0 Å². The summed E-state index contributed by atoms with van der Waals surface area (Å²) in [6.45, 7) is 8.02. The summed E-state index contributed by atoms with van der Waals surface area (Å²) in [5.41, 5.74) is 3.00. The van der Waals surface area contributed by atoms with E-state index in [9.17, 15) is 4.79 Å². The van der Waals surface area contributed by atoms with Crippen molar-refractivity contribution in [3.8, 4) is 11.5 Å². The highest BCUT2D eigenvalue weighted by Gasteiger charge is 2.30.